The molecule has 5 rings (SSSR count). The Morgan fingerprint density at radius 1 is 1.36 bits per heavy atom. The molecule has 0 aromatic heterocycles. The average molecular weight is 194 g/mol. The van der Waals surface area contributed by atoms with Crippen LogP contribution < -0.4 is 0 Å². The van der Waals surface area contributed by atoms with Crippen molar-refractivity contribution in [2.75, 3.05) is 0 Å². The topological polar surface area (TPSA) is 29.5 Å². The normalized spacial score (nSPS) is 73.5. The van der Waals surface area contributed by atoms with Crippen LogP contribution in [0.2, 0.25) is 0 Å². The van der Waals surface area contributed by atoms with Gasteiger partial charge in [-0.2, -0.15) is 0 Å². The van der Waals surface area contributed by atoms with E-state index in [0.717, 1.165) is 18.3 Å². The predicted octanol–water partition coefficient (Wildman–Crippen LogP) is 1.78. The van der Waals surface area contributed by atoms with E-state index in [4.69, 9.17) is 4.74 Å². The molecule has 2 aliphatic heterocycles. The van der Waals surface area contributed by atoms with Crippen molar-refractivity contribution in [1.29, 1.82) is 0 Å². The summed E-state index contributed by atoms with van der Waals surface area (Å²) in [7, 11) is 0. The van der Waals surface area contributed by atoms with Crippen LogP contribution in [0, 0.1) is 29.1 Å². The van der Waals surface area contributed by atoms with Gasteiger partial charge >= 0.3 is 0 Å². The fourth-order valence-electron chi connectivity index (χ4n) is 5.21. The highest BCUT2D eigenvalue weighted by molar-refractivity contribution is 5.21. The molecule has 0 amide bonds. The van der Waals surface area contributed by atoms with Crippen molar-refractivity contribution in [2.45, 2.75) is 45.0 Å². The second-order valence-electron chi connectivity index (χ2n) is 6.28. The van der Waals surface area contributed by atoms with Crippen LogP contribution in [0.4, 0.5) is 0 Å². The SMILES string of the molecule is C[C@@H]1[C@@H]2C[C@H]3[C@@H]2[C@]2(C)CC[C@]3(O)O[C@H]12. The van der Waals surface area contributed by atoms with Crippen molar-refractivity contribution in [1.82, 2.24) is 0 Å². The highest BCUT2D eigenvalue weighted by Gasteiger charge is 2.75. The third-order valence-corrected chi connectivity index (χ3v) is 5.92. The molecule has 7 atom stereocenters. The van der Waals surface area contributed by atoms with Crippen LogP contribution in [-0.4, -0.2) is 17.0 Å². The van der Waals surface area contributed by atoms with Gasteiger partial charge in [-0.3, -0.25) is 0 Å². The molecule has 2 nitrogen and oxygen atoms in total. The van der Waals surface area contributed by atoms with Gasteiger partial charge in [0.15, 0.2) is 5.79 Å². The van der Waals surface area contributed by atoms with Crippen LogP contribution in [0.3, 0.4) is 0 Å². The van der Waals surface area contributed by atoms with Crippen LogP contribution in [0.5, 0.6) is 0 Å². The average Bonchev–Trinajstić information content (AvgIpc) is 2.17. The van der Waals surface area contributed by atoms with Crippen LogP contribution in [-0.2, 0) is 4.74 Å². The van der Waals surface area contributed by atoms with E-state index >= 15 is 0 Å². The fourth-order valence-corrected chi connectivity index (χ4v) is 5.21. The second-order valence-corrected chi connectivity index (χ2v) is 6.28. The summed E-state index contributed by atoms with van der Waals surface area (Å²) < 4.78 is 5.99. The maximum absolute atomic E-state index is 10.4. The summed E-state index contributed by atoms with van der Waals surface area (Å²) in [5.74, 6) is 2.04. The van der Waals surface area contributed by atoms with Gasteiger partial charge in [0.1, 0.15) is 0 Å². The molecule has 0 spiro atoms. The van der Waals surface area contributed by atoms with Gasteiger partial charge < -0.3 is 9.84 Å². The molecule has 3 aliphatic carbocycles. The minimum Gasteiger partial charge on any atom is -0.365 e. The molecular formula is C12H18O2. The number of aliphatic hydroxyl groups is 1. The van der Waals surface area contributed by atoms with Gasteiger partial charge in [-0.15, -0.1) is 0 Å². The number of rotatable bonds is 0. The lowest BCUT2D eigenvalue weighted by Crippen LogP contribution is -2.65. The first-order chi connectivity index (χ1) is 6.56. The van der Waals surface area contributed by atoms with Crippen LogP contribution in [0.1, 0.15) is 33.1 Å². The lowest BCUT2D eigenvalue weighted by atomic mass is 9.49. The molecule has 14 heavy (non-hydrogen) atoms. The minimum atomic E-state index is -0.728. The van der Waals surface area contributed by atoms with E-state index in [1.165, 1.54) is 12.8 Å². The van der Waals surface area contributed by atoms with E-state index < -0.39 is 5.79 Å². The zero-order chi connectivity index (χ0) is 9.72. The molecule has 2 saturated heterocycles. The molecule has 0 aromatic rings. The number of hydrogen-bond acceptors (Lipinski definition) is 2. The first kappa shape index (κ1) is 8.12. The maximum Gasteiger partial charge on any atom is 0.168 e. The van der Waals surface area contributed by atoms with Gasteiger partial charge in [-0.25, -0.2) is 0 Å². The summed E-state index contributed by atoms with van der Waals surface area (Å²) >= 11 is 0. The lowest BCUT2D eigenvalue weighted by molar-refractivity contribution is -0.368. The van der Waals surface area contributed by atoms with E-state index in [1.807, 2.05) is 0 Å². The summed E-state index contributed by atoms with van der Waals surface area (Å²) in [6.07, 6.45) is 3.61. The van der Waals surface area contributed by atoms with Crippen molar-refractivity contribution in [2.24, 2.45) is 29.1 Å². The number of hydrogen-bond donors (Lipinski definition) is 1. The Morgan fingerprint density at radius 3 is 2.93 bits per heavy atom. The summed E-state index contributed by atoms with van der Waals surface area (Å²) in [5, 5.41) is 10.4. The third-order valence-electron chi connectivity index (χ3n) is 5.92. The van der Waals surface area contributed by atoms with E-state index in [-0.39, 0.29) is 0 Å². The van der Waals surface area contributed by atoms with Crippen molar-refractivity contribution in [3.8, 4) is 0 Å². The van der Waals surface area contributed by atoms with Crippen molar-refractivity contribution >= 4 is 0 Å². The van der Waals surface area contributed by atoms with Gasteiger partial charge in [-0.05, 0) is 36.0 Å². The van der Waals surface area contributed by atoms with E-state index in [0.29, 0.717) is 23.4 Å². The fraction of sp³-hybridized carbons (Fsp3) is 1.00. The van der Waals surface area contributed by atoms with Crippen molar-refractivity contribution in [3.63, 3.8) is 0 Å². The van der Waals surface area contributed by atoms with Gasteiger partial charge in [0.05, 0.1) is 6.10 Å². The molecular weight excluding hydrogens is 176 g/mol. The molecule has 5 aliphatic rings. The lowest BCUT2D eigenvalue weighted by Gasteiger charge is -2.63. The minimum absolute atomic E-state index is 0.343. The van der Waals surface area contributed by atoms with Crippen LogP contribution >= 0.6 is 0 Å². The van der Waals surface area contributed by atoms with E-state index in [2.05, 4.69) is 13.8 Å². The molecule has 3 saturated carbocycles. The molecule has 4 bridgehead atoms. The summed E-state index contributed by atoms with van der Waals surface area (Å²) in [6.45, 7) is 4.71. The molecule has 2 heterocycles. The Morgan fingerprint density at radius 2 is 2.14 bits per heavy atom. The number of ether oxygens (including phenoxy) is 1. The predicted molar refractivity (Wildman–Crippen MR) is 51.4 cm³/mol. The smallest absolute Gasteiger partial charge is 0.168 e. The van der Waals surface area contributed by atoms with Gasteiger partial charge in [0.25, 0.3) is 0 Å². The molecule has 2 heteroatoms. The third kappa shape index (κ3) is 0.570. The Hall–Kier alpha value is -0.0800. The van der Waals surface area contributed by atoms with Crippen molar-refractivity contribution < 1.29 is 9.84 Å². The summed E-state index contributed by atoms with van der Waals surface area (Å²) in [6, 6.07) is 0. The Bertz CT molecular complexity index is 307. The summed E-state index contributed by atoms with van der Waals surface area (Å²) in [4.78, 5) is 0. The van der Waals surface area contributed by atoms with Gasteiger partial charge in [0, 0.05) is 12.3 Å². The van der Waals surface area contributed by atoms with Gasteiger partial charge in [-0.1, -0.05) is 13.8 Å². The number of fused-ring (bicyclic) bond motifs is 1. The van der Waals surface area contributed by atoms with Gasteiger partial charge in [0.2, 0.25) is 0 Å². The largest absolute Gasteiger partial charge is 0.365 e. The van der Waals surface area contributed by atoms with Crippen LogP contribution in [0.15, 0.2) is 0 Å². The summed E-state index contributed by atoms with van der Waals surface area (Å²) in [5.41, 5.74) is 0.400. The molecule has 1 N–H and O–H groups in total. The first-order valence-electron chi connectivity index (χ1n) is 5.96. The molecule has 0 radical (unpaired) electrons. The van der Waals surface area contributed by atoms with E-state index in [1.54, 1.807) is 0 Å². The zero-order valence-electron chi connectivity index (χ0n) is 8.86. The van der Waals surface area contributed by atoms with Crippen molar-refractivity contribution in [3.05, 3.63) is 0 Å². The highest BCUT2D eigenvalue weighted by atomic mass is 16.6. The Labute approximate surface area is 84.6 Å². The highest BCUT2D eigenvalue weighted by Crippen LogP contribution is 2.74. The second kappa shape index (κ2) is 1.92. The molecule has 0 aromatic carbocycles. The Balaban J connectivity index is 1.90. The van der Waals surface area contributed by atoms with E-state index in [9.17, 15) is 5.11 Å². The molecule has 0 unspecified atom stereocenters. The maximum atomic E-state index is 10.4. The zero-order valence-corrected chi connectivity index (χ0v) is 8.86. The first-order valence-corrected chi connectivity index (χ1v) is 5.96. The van der Waals surface area contributed by atoms with Crippen LogP contribution in [0.25, 0.3) is 0 Å². The monoisotopic (exact) mass is 194 g/mol. The Kier molecular flexibility index (Phi) is 1.11. The quantitative estimate of drug-likeness (QED) is 0.637. The standard InChI is InChI=1S/C12H18O2/c1-6-7-5-8-9(7)11(2)3-4-12(8,13)14-10(6)11/h6-10,13H,3-5H2,1-2H3/t6-,7+,8+,9-,10-,11+,12+/m1/s1. The molecule has 78 valence electrons. The molecule has 5 fully saturated rings.